The largest absolute Gasteiger partial charge is 0.494 e. The van der Waals surface area contributed by atoms with Crippen molar-refractivity contribution in [3.8, 4) is 11.4 Å². The first-order valence-corrected chi connectivity index (χ1v) is 8.07. The molecule has 0 unspecified atom stereocenters. The highest BCUT2D eigenvalue weighted by Gasteiger charge is 2.17. The Balaban J connectivity index is 1.78. The van der Waals surface area contributed by atoms with Crippen LogP contribution in [0.15, 0.2) is 42.9 Å². The summed E-state index contributed by atoms with van der Waals surface area (Å²) >= 11 is 0. The first-order valence-electron chi connectivity index (χ1n) is 8.07. The lowest BCUT2D eigenvalue weighted by atomic mass is 10.1. The van der Waals surface area contributed by atoms with Crippen LogP contribution in [-0.2, 0) is 0 Å². The standard InChI is InChI=1S/C18H20N6O2/c1-11(22-17(25)14-9-20-18(19)23-12(14)2)13-8-21-24(10-13)15-6-4-5-7-16(15)26-3/h4-11H,1-3H3,(H,22,25)(H2,19,20,23)/t11-/m0/s1. The lowest BCUT2D eigenvalue weighted by molar-refractivity contribution is 0.0938. The van der Waals surface area contributed by atoms with Gasteiger partial charge in [-0.05, 0) is 26.0 Å². The van der Waals surface area contributed by atoms with Gasteiger partial charge in [-0.2, -0.15) is 5.10 Å². The third kappa shape index (κ3) is 3.49. The van der Waals surface area contributed by atoms with Gasteiger partial charge in [0.25, 0.3) is 5.91 Å². The second-order valence-corrected chi connectivity index (χ2v) is 5.81. The first kappa shape index (κ1) is 17.4. The molecule has 134 valence electrons. The molecule has 1 atom stereocenters. The number of amides is 1. The molecular formula is C18H20N6O2. The molecule has 0 saturated carbocycles. The van der Waals surface area contributed by atoms with Gasteiger partial charge < -0.3 is 15.8 Å². The van der Waals surface area contributed by atoms with Gasteiger partial charge in [0.05, 0.1) is 30.6 Å². The summed E-state index contributed by atoms with van der Waals surface area (Å²) < 4.78 is 7.08. The number of hydrogen-bond donors (Lipinski definition) is 2. The van der Waals surface area contributed by atoms with Crippen molar-refractivity contribution in [2.24, 2.45) is 0 Å². The van der Waals surface area contributed by atoms with Crippen molar-refractivity contribution >= 4 is 11.9 Å². The number of benzene rings is 1. The number of aryl methyl sites for hydroxylation is 1. The Morgan fingerprint density at radius 1 is 1.31 bits per heavy atom. The molecule has 8 nitrogen and oxygen atoms in total. The molecule has 2 aromatic heterocycles. The summed E-state index contributed by atoms with van der Waals surface area (Å²) in [6, 6.07) is 7.34. The third-order valence-electron chi connectivity index (χ3n) is 4.02. The number of methoxy groups -OCH3 is 1. The number of para-hydroxylation sites is 2. The maximum absolute atomic E-state index is 12.5. The minimum absolute atomic E-state index is 0.144. The number of nitrogens with zero attached hydrogens (tertiary/aromatic N) is 4. The van der Waals surface area contributed by atoms with Crippen LogP contribution >= 0.6 is 0 Å². The Morgan fingerprint density at radius 3 is 2.81 bits per heavy atom. The molecule has 3 aromatic rings. The number of nitrogens with one attached hydrogen (secondary N) is 1. The first-order chi connectivity index (χ1) is 12.5. The Morgan fingerprint density at radius 2 is 2.08 bits per heavy atom. The van der Waals surface area contributed by atoms with Crippen molar-refractivity contribution in [1.82, 2.24) is 25.1 Å². The van der Waals surface area contributed by atoms with Gasteiger partial charge in [-0.3, -0.25) is 4.79 Å². The second-order valence-electron chi connectivity index (χ2n) is 5.81. The fourth-order valence-corrected chi connectivity index (χ4v) is 2.58. The molecule has 1 amide bonds. The van der Waals surface area contributed by atoms with Crippen LogP contribution in [0.3, 0.4) is 0 Å². The number of ether oxygens (including phenoxy) is 1. The predicted octanol–water partition coefficient (Wildman–Crippen LogP) is 2.05. The molecule has 8 heteroatoms. The number of anilines is 1. The Bertz CT molecular complexity index is 937. The zero-order valence-corrected chi connectivity index (χ0v) is 14.8. The van der Waals surface area contributed by atoms with Crippen LogP contribution in [0.2, 0.25) is 0 Å². The van der Waals surface area contributed by atoms with Gasteiger partial charge in [0.15, 0.2) is 0 Å². The number of hydrogen-bond acceptors (Lipinski definition) is 6. The molecule has 0 fully saturated rings. The van der Waals surface area contributed by atoms with E-state index in [1.54, 1.807) is 24.9 Å². The summed E-state index contributed by atoms with van der Waals surface area (Å²) in [6.45, 7) is 3.60. The predicted molar refractivity (Wildman–Crippen MR) is 97.2 cm³/mol. The van der Waals surface area contributed by atoms with E-state index in [1.807, 2.05) is 37.4 Å². The van der Waals surface area contributed by atoms with Crippen molar-refractivity contribution in [2.45, 2.75) is 19.9 Å². The molecule has 3 N–H and O–H groups in total. The highest BCUT2D eigenvalue weighted by atomic mass is 16.5. The van der Waals surface area contributed by atoms with E-state index < -0.39 is 0 Å². The van der Waals surface area contributed by atoms with Gasteiger partial charge in [-0.25, -0.2) is 14.6 Å². The molecule has 0 spiro atoms. The summed E-state index contributed by atoms with van der Waals surface area (Å²) in [5.74, 6) is 0.596. The Labute approximate surface area is 151 Å². The summed E-state index contributed by atoms with van der Waals surface area (Å²) in [5.41, 5.74) is 8.13. The monoisotopic (exact) mass is 352 g/mol. The number of rotatable bonds is 5. The number of nitrogen functional groups attached to an aromatic ring is 1. The Kier molecular flexibility index (Phi) is 4.83. The lowest BCUT2D eigenvalue weighted by Gasteiger charge is -2.13. The van der Waals surface area contributed by atoms with Crippen LogP contribution in [0.25, 0.3) is 5.69 Å². The lowest BCUT2D eigenvalue weighted by Crippen LogP contribution is -2.27. The van der Waals surface area contributed by atoms with Crippen LogP contribution in [0.5, 0.6) is 5.75 Å². The third-order valence-corrected chi connectivity index (χ3v) is 4.02. The van der Waals surface area contributed by atoms with E-state index in [0.717, 1.165) is 11.3 Å². The van der Waals surface area contributed by atoms with E-state index in [1.165, 1.54) is 6.20 Å². The van der Waals surface area contributed by atoms with Gasteiger partial charge in [0.2, 0.25) is 5.95 Å². The van der Waals surface area contributed by atoms with Gasteiger partial charge >= 0.3 is 0 Å². The van der Waals surface area contributed by atoms with E-state index in [0.29, 0.717) is 17.0 Å². The molecule has 3 rings (SSSR count). The molecule has 0 radical (unpaired) electrons. The molecule has 0 aliphatic rings. The number of carbonyl (C=O) groups is 1. The van der Waals surface area contributed by atoms with Gasteiger partial charge in [-0.1, -0.05) is 12.1 Å². The van der Waals surface area contributed by atoms with E-state index in [2.05, 4.69) is 20.4 Å². The molecule has 0 saturated heterocycles. The molecule has 2 heterocycles. The number of aromatic nitrogens is 4. The van der Waals surface area contributed by atoms with Crippen LogP contribution in [-0.4, -0.2) is 32.8 Å². The maximum Gasteiger partial charge on any atom is 0.255 e. The molecule has 0 bridgehead atoms. The van der Waals surface area contributed by atoms with E-state index in [4.69, 9.17) is 10.5 Å². The molecular weight excluding hydrogens is 332 g/mol. The summed E-state index contributed by atoms with van der Waals surface area (Å²) in [4.78, 5) is 20.4. The fraction of sp³-hybridized carbons (Fsp3) is 0.222. The molecule has 26 heavy (non-hydrogen) atoms. The summed E-state index contributed by atoms with van der Waals surface area (Å²) in [7, 11) is 1.61. The van der Waals surface area contributed by atoms with E-state index >= 15 is 0 Å². The van der Waals surface area contributed by atoms with Gasteiger partial charge in [0.1, 0.15) is 11.4 Å². The molecule has 0 aliphatic carbocycles. The van der Waals surface area contributed by atoms with E-state index in [-0.39, 0.29) is 17.9 Å². The number of carbonyl (C=O) groups excluding carboxylic acids is 1. The normalized spacial score (nSPS) is 11.8. The second kappa shape index (κ2) is 7.22. The minimum Gasteiger partial charge on any atom is -0.494 e. The smallest absolute Gasteiger partial charge is 0.255 e. The van der Waals surface area contributed by atoms with Crippen LogP contribution in [0.1, 0.15) is 34.6 Å². The average molecular weight is 352 g/mol. The average Bonchev–Trinajstić information content (AvgIpc) is 3.11. The molecule has 1 aromatic carbocycles. The number of nitrogens with two attached hydrogens (primary N) is 1. The minimum atomic E-state index is -0.264. The van der Waals surface area contributed by atoms with Crippen molar-refractivity contribution < 1.29 is 9.53 Å². The van der Waals surface area contributed by atoms with Crippen LogP contribution in [0, 0.1) is 6.92 Å². The highest BCUT2D eigenvalue weighted by molar-refractivity contribution is 5.95. The van der Waals surface area contributed by atoms with Crippen molar-refractivity contribution in [3.05, 3.63) is 59.7 Å². The zero-order valence-electron chi connectivity index (χ0n) is 14.8. The topological polar surface area (TPSA) is 108 Å². The quantitative estimate of drug-likeness (QED) is 0.727. The Hall–Kier alpha value is -3.42. The zero-order chi connectivity index (χ0) is 18.7. The van der Waals surface area contributed by atoms with Gasteiger partial charge in [-0.15, -0.1) is 0 Å². The molecule has 0 aliphatic heterocycles. The van der Waals surface area contributed by atoms with Crippen LogP contribution in [0.4, 0.5) is 5.95 Å². The maximum atomic E-state index is 12.5. The summed E-state index contributed by atoms with van der Waals surface area (Å²) in [5, 5.41) is 7.29. The van der Waals surface area contributed by atoms with Crippen LogP contribution < -0.4 is 15.8 Å². The summed E-state index contributed by atoms with van der Waals surface area (Å²) in [6.07, 6.45) is 5.00. The van der Waals surface area contributed by atoms with E-state index in [9.17, 15) is 4.79 Å². The van der Waals surface area contributed by atoms with Gasteiger partial charge in [0, 0.05) is 18.0 Å². The fourth-order valence-electron chi connectivity index (χ4n) is 2.58. The van der Waals surface area contributed by atoms with Crippen molar-refractivity contribution in [1.29, 1.82) is 0 Å². The van der Waals surface area contributed by atoms with Crippen molar-refractivity contribution in [2.75, 3.05) is 12.8 Å². The highest BCUT2D eigenvalue weighted by Crippen LogP contribution is 2.23. The van der Waals surface area contributed by atoms with Crippen molar-refractivity contribution in [3.63, 3.8) is 0 Å². The SMILES string of the molecule is COc1ccccc1-n1cc([C@H](C)NC(=O)c2cnc(N)nc2C)cn1.